The van der Waals surface area contributed by atoms with E-state index in [4.69, 9.17) is 0 Å². The van der Waals surface area contributed by atoms with Crippen LogP contribution in [0.2, 0.25) is 0 Å². The van der Waals surface area contributed by atoms with E-state index in [0.717, 1.165) is 31.4 Å². The van der Waals surface area contributed by atoms with Gasteiger partial charge in [-0.2, -0.15) is 10.2 Å². The molecule has 0 spiro atoms. The van der Waals surface area contributed by atoms with Crippen LogP contribution in [0.5, 0.6) is 0 Å². The molecule has 1 atom stereocenters. The summed E-state index contributed by atoms with van der Waals surface area (Å²) < 4.78 is 1.91. The highest BCUT2D eigenvalue weighted by molar-refractivity contribution is 6.39. The molecule has 124 valence electrons. The van der Waals surface area contributed by atoms with Crippen molar-refractivity contribution in [2.45, 2.75) is 51.6 Å². The van der Waals surface area contributed by atoms with Crippen molar-refractivity contribution in [3.05, 3.63) is 18.0 Å². The summed E-state index contributed by atoms with van der Waals surface area (Å²) in [6.07, 6.45) is 7.75. The number of hydrogen-bond donors (Lipinski definition) is 0. The van der Waals surface area contributed by atoms with Crippen LogP contribution in [0, 0.1) is 6.92 Å². The number of amides is 2. The molecule has 1 aromatic rings. The normalized spacial score (nSPS) is 22.3. The van der Waals surface area contributed by atoms with Gasteiger partial charge in [0.05, 0.1) is 18.8 Å². The molecule has 0 aliphatic carbocycles. The van der Waals surface area contributed by atoms with Gasteiger partial charge in [0.25, 0.3) is 5.91 Å². The molecule has 0 N–H and O–H groups in total. The van der Waals surface area contributed by atoms with Crippen molar-refractivity contribution in [2.75, 3.05) is 13.6 Å². The molecule has 3 rings (SSSR count). The smallest absolute Gasteiger partial charge is 0.270 e. The highest BCUT2D eigenvalue weighted by Crippen LogP contribution is 2.21. The Morgan fingerprint density at radius 2 is 2.17 bits per heavy atom. The Bertz CT molecular complexity index is 636. The minimum absolute atomic E-state index is 0.0297. The van der Waals surface area contributed by atoms with E-state index >= 15 is 0 Å². The maximum atomic E-state index is 12.8. The lowest BCUT2D eigenvalue weighted by Gasteiger charge is -2.36. The monoisotopic (exact) mass is 317 g/mol. The number of piperidine rings is 1. The van der Waals surface area contributed by atoms with E-state index in [1.54, 1.807) is 7.05 Å². The first-order valence-corrected chi connectivity index (χ1v) is 8.18. The van der Waals surface area contributed by atoms with Crippen LogP contribution in [0.4, 0.5) is 0 Å². The second-order valence-corrected chi connectivity index (χ2v) is 6.35. The van der Waals surface area contributed by atoms with Crippen LogP contribution in [0.15, 0.2) is 17.5 Å². The molecule has 0 bridgehead atoms. The maximum absolute atomic E-state index is 12.8. The van der Waals surface area contributed by atoms with E-state index in [1.807, 2.05) is 28.9 Å². The zero-order chi connectivity index (χ0) is 16.4. The number of carbonyl (C=O) groups is 2. The van der Waals surface area contributed by atoms with Gasteiger partial charge in [0, 0.05) is 32.6 Å². The third-order valence-electron chi connectivity index (χ3n) is 4.50. The van der Waals surface area contributed by atoms with E-state index < -0.39 is 0 Å². The number of hydrogen-bond acceptors (Lipinski definition) is 4. The second-order valence-electron chi connectivity index (χ2n) is 6.35. The number of carbonyl (C=O) groups excluding carboxylic acids is 2. The third kappa shape index (κ3) is 3.43. The van der Waals surface area contributed by atoms with Gasteiger partial charge >= 0.3 is 0 Å². The van der Waals surface area contributed by atoms with E-state index in [-0.39, 0.29) is 17.9 Å². The molecule has 7 nitrogen and oxygen atoms in total. The number of rotatable bonds is 3. The van der Waals surface area contributed by atoms with E-state index in [9.17, 15) is 9.59 Å². The van der Waals surface area contributed by atoms with Gasteiger partial charge in [0.15, 0.2) is 0 Å². The minimum atomic E-state index is -0.0382. The van der Waals surface area contributed by atoms with Gasteiger partial charge in [-0.15, -0.1) is 0 Å². The average molecular weight is 317 g/mol. The van der Waals surface area contributed by atoms with Crippen LogP contribution in [-0.4, -0.2) is 56.8 Å². The summed E-state index contributed by atoms with van der Waals surface area (Å²) in [7, 11) is 1.61. The Morgan fingerprint density at radius 3 is 2.87 bits per heavy atom. The zero-order valence-corrected chi connectivity index (χ0v) is 13.7. The largest absolute Gasteiger partial charge is 0.333 e. The minimum Gasteiger partial charge on any atom is -0.333 e. The molecule has 0 saturated carbocycles. The van der Waals surface area contributed by atoms with Crippen molar-refractivity contribution in [1.82, 2.24) is 19.7 Å². The molecule has 0 aromatic carbocycles. The lowest BCUT2D eigenvalue weighted by molar-refractivity contribution is -0.131. The van der Waals surface area contributed by atoms with Gasteiger partial charge in [0.2, 0.25) is 5.91 Å². The maximum Gasteiger partial charge on any atom is 0.270 e. The summed E-state index contributed by atoms with van der Waals surface area (Å²) >= 11 is 0. The van der Waals surface area contributed by atoms with Crippen LogP contribution in [0.1, 0.15) is 37.7 Å². The standard InChI is InChI=1S/C16H23N5O2/c1-12-9-17-20(10-12)11-13-5-3-4-8-21(13)16(23)14-6-7-15(22)19(2)18-14/h9-10,13H,3-8,11H2,1-2H3/t13-/m1/s1. The number of nitrogens with zero attached hydrogens (tertiary/aromatic N) is 5. The van der Waals surface area contributed by atoms with Gasteiger partial charge in [-0.3, -0.25) is 14.3 Å². The van der Waals surface area contributed by atoms with Gasteiger partial charge in [0.1, 0.15) is 5.71 Å². The molecule has 23 heavy (non-hydrogen) atoms. The van der Waals surface area contributed by atoms with Gasteiger partial charge in [-0.1, -0.05) is 0 Å². The first-order chi connectivity index (χ1) is 11.0. The molecule has 0 radical (unpaired) electrons. The SMILES string of the molecule is Cc1cnn(C[C@H]2CCCCN2C(=O)C2=NN(C)C(=O)CC2)c1. The highest BCUT2D eigenvalue weighted by Gasteiger charge is 2.32. The van der Waals surface area contributed by atoms with Gasteiger partial charge < -0.3 is 4.90 Å². The Morgan fingerprint density at radius 1 is 1.35 bits per heavy atom. The predicted molar refractivity (Wildman–Crippen MR) is 85.8 cm³/mol. The summed E-state index contributed by atoms with van der Waals surface area (Å²) in [6, 6.07) is 0.140. The summed E-state index contributed by atoms with van der Waals surface area (Å²) in [5.74, 6) is -0.0679. The van der Waals surface area contributed by atoms with Crippen molar-refractivity contribution in [3.8, 4) is 0 Å². The van der Waals surface area contributed by atoms with Crippen molar-refractivity contribution in [1.29, 1.82) is 0 Å². The Kier molecular flexibility index (Phi) is 4.45. The average Bonchev–Trinajstić information content (AvgIpc) is 2.95. The molecule has 1 fully saturated rings. The Balaban J connectivity index is 1.74. The first kappa shape index (κ1) is 15.7. The fourth-order valence-electron chi connectivity index (χ4n) is 3.23. The summed E-state index contributed by atoms with van der Waals surface area (Å²) in [5, 5.41) is 9.79. The van der Waals surface area contributed by atoms with Crippen LogP contribution in [0.25, 0.3) is 0 Å². The summed E-state index contributed by atoms with van der Waals surface area (Å²) in [6.45, 7) is 3.47. The number of likely N-dealkylation sites (tertiary alicyclic amines) is 1. The lowest BCUT2D eigenvalue weighted by Crippen LogP contribution is -2.49. The Labute approximate surface area is 135 Å². The van der Waals surface area contributed by atoms with E-state index in [0.29, 0.717) is 25.1 Å². The topological polar surface area (TPSA) is 70.8 Å². The third-order valence-corrected chi connectivity index (χ3v) is 4.50. The molecule has 2 aliphatic rings. The predicted octanol–water partition coefficient (Wildman–Crippen LogP) is 1.18. The Hall–Kier alpha value is -2.18. The van der Waals surface area contributed by atoms with Crippen molar-refractivity contribution >= 4 is 17.5 Å². The summed E-state index contributed by atoms with van der Waals surface area (Å²) in [5.41, 5.74) is 1.62. The molecule has 1 saturated heterocycles. The molecule has 2 amide bonds. The van der Waals surface area contributed by atoms with E-state index in [2.05, 4.69) is 10.2 Å². The van der Waals surface area contributed by atoms with Crippen LogP contribution in [-0.2, 0) is 16.1 Å². The van der Waals surface area contributed by atoms with Gasteiger partial charge in [-0.25, -0.2) is 5.01 Å². The number of aryl methyl sites for hydroxylation is 1. The molecule has 0 unspecified atom stereocenters. The molecular formula is C16H23N5O2. The number of aromatic nitrogens is 2. The zero-order valence-electron chi connectivity index (χ0n) is 13.7. The van der Waals surface area contributed by atoms with Crippen molar-refractivity contribution < 1.29 is 9.59 Å². The van der Waals surface area contributed by atoms with Crippen LogP contribution in [0.3, 0.4) is 0 Å². The quantitative estimate of drug-likeness (QED) is 0.840. The molecule has 1 aromatic heterocycles. The second kappa shape index (κ2) is 6.52. The van der Waals surface area contributed by atoms with Crippen molar-refractivity contribution in [2.24, 2.45) is 5.10 Å². The molecule has 2 aliphatic heterocycles. The highest BCUT2D eigenvalue weighted by atomic mass is 16.2. The van der Waals surface area contributed by atoms with Crippen LogP contribution < -0.4 is 0 Å². The lowest BCUT2D eigenvalue weighted by atomic mass is 10.0. The van der Waals surface area contributed by atoms with Crippen molar-refractivity contribution in [3.63, 3.8) is 0 Å². The first-order valence-electron chi connectivity index (χ1n) is 8.18. The van der Waals surface area contributed by atoms with Crippen LogP contribution >= 0.6 is 0 Å². The fourth-order valence-corrected chi connectivity index (χ4v) is 3.23. The molecule has 3 heterocycles. The van der Waals surface area contributed by atoms with Gasteiger partial charge in [-0.05, 0) is 31.7 Å². The number of hydrazone groups is 1. The van der Waals surface area contributed by atoms with E-state index in [1.165, 1.54) is 5.01 Å². The fraction of sp³-hybridized carbons (Fsp3) is 0.625. The molecular weight excluding hydrogens is 294 g/mol. The summed E-state index contributed by atoms with van der Waals surface area (Å²) in [4.78, 5) is 26.3. The molecule has 7 heteroatoms.